The molecule has 2 saturated heterocycles. The standard InChI is InChI=1S/C18H24O6/c1-3-12(4-5-13-10-22-13)17(21)24-18(8-11(2)16(19)20)7-6-14-15(9-18)23-14/h4,8,13-15H,3,5-7,9-10H2,1-2H3,(H,19,20). The van der Waals surface area contributed by atoms with Crippen LogP contribution in [0.25, 0.3) is 0 Å². The average Bonchev–Trinajstić information content (AvgIpc) is 3.42. The van der Waals surface area contributed by atoms with Crippen LogP contribution in [0.2, 0.25) is 0 Å². The van der Waals surface area contributed by atoms with E-state index in [1.807, 2.05) is 13.0 Å². The Morgan fingerprint density at radius 3 is 2.71 bits per heavy atom. The summed E-state index contributed by atoms with van der Waals surface area (Å²) in [5.41, 5.74) is -0.0814. The highest BCUT2D eigenvalue weighted by Gasteiger charge is 2.52. The minimum atomic E-state index is -0.999. The van der Waals surface area contributed by atoms with Gasteiger partial charge in [0.05, 0.1) is 24.9 Å². The number of fused-ring (bicyclic) bond motifs is 1. The Hall–Kier alpha value is -1.66. The lowest BCUT2D eigenvalue weighted by Gasteiger charge is -2.33. The number of aliphatic carboxylic acids is 1. The number of rotatable bonds is 7. The van der Waals surface area contributed by atoms with Crippen molar-refractivity contribution < 1.29 is 28.9 Å². The quantitative estimate of drug-likeness (QED) is 0.436. The van der Waals surface area contributed by atoms with Crippen LogP contribution in [0.15, 0.2) is 23.3 Å². The maximum absolute atomic E-state index is 12.6. The minimum absolute atomic E-state index is 0.0679. The summed E-state index contributed by atoms with van der Waals surface area (Å²) >= 11 is 0. The van der Waals surface area contributed by atoms with E-state index in [1.54, 1.807) is 6.08 Å². The van der Waals surface area contributed by atoms with E-state index in [2.05, 4.69) is 0 Å². The van der Waals surface area contributed by atoms with Gasteiger partial charge in [0, 0.05) is 17.6 Å². The summed E-state index contributed by atoms with van der Waals surface area (Å²) in [4.78, 5) is 23.8. The van der Waals surface area contributed by atoms with Crippen LogP contribution in [-0.2, 0) is 23.8 Å². The minimum Gasteiger partial charge on any atom is -0.478 e. The van der Waals surface area contributed by atoms with Crippen LogP contribution in [0.3, 0.4) is 0 Å². The molecule has 0 radical (unpaired) electrons. The van der Waals surface area contributed by atoms with Crippen molar-refractivity contribution in [3.05, 3.63) is 23.3 Å². The first-order valence-electron chi connectivity index (χ1n) is 8.54. The molecule has 2 heterocycles. The summed E-state index contributed by atoms with van der Waals surface area (Å²) in [6.45, 7) is 4.18. The summed E-state index contributed by atoms with van der Waals surface area (Å²) in [6, 6.07) is 0. The zero-order chi connectivity index (χ0) is 17.3. The molecule has 6 nitrogen and oxygen atoms in total. The van der Waals surface area contributed by atoms with Crippen molar-refractivity contribution in [3.8, 4) is 0 Å². The third-order valence-corrected chi connectivity index (χ3v) is 4.87. The zero-order valence-electron chi connectivity index (χ0n) is 14.1. The summed E-state index contributed by atoms with van der Waals surface area (Å²) in [5.74, 6) is -1.37. The Bertz CT molecular complexity index is 588. The highest BCUT2D eigenvalue weighted by atomic mass is 16.6. The van der Waals surface area contributed by atoms with Gasteiger partial charge < -0.3 is 19.3 Å². The third kappa shape index (κ3) is 4.05. The second kappa shape index (κ2) is 6.69. The number of hydrogen-bond donors (Lipinski definition) is 1. The topological polar surface area (TPSA) is 88.7 Å². The molecule has 132 valence electrons. The summed E-state index contributed by atoms with van der Waals surface area (Å²) < 4.78 is 16.5. The Morgan fingerprint density at radius 1 is 1.38 bits per heavy atom. The van der Waals surface area contributed by atoms with E-state index in [1.165, 1.54) is 6.92 Å². The van der Waals surface area contributed by atoms with E-state index in [0.29, 0.717) is 31.3 Å². The summed E-state index contributed by atoms with van der Waals surface area (Å²) in [5, 5.41) is 9.18. The maximum atomic E-state index is 12.6. The molecule has 0 aromatic heterocycles. The predicted octanol–water partition coefficient (Wildman–Crippen LogP) is 2.38. The lowest BCUT2D eigenvalue weighted by Crippen LogP contribution is -2.39. The smallest absolute Gasteiger partial charge is 0.334 e. The van der Waals surface area contributed by atoms with Gasteiger partial charge in [0.2, 0.25) is 0 Å². The van der Waals surface area contributed by atoms with Gasteiger partial charge in [-0.1, -0.05) is 13.0 Å². The fourth-order valence-electron chi connectivity index (χ4n) is 3.25. The molecule has 0 aromatic rings. The molecule has 3 rings (SSSR count). The lowest BCUT2D eigenvalue weighted by atomic mass is 9.83. The van der Waals surface area contributed by atoms with Crippen LogP contribution < -0.4 is 0 Å². The fourth-order valence-corrected chi connectivity index (χ4v) is 3.25. The first kappa shape index (κ1) is 17.2. The molecule has 0 spiro atoms. The highest BCUT2D eigenvalue weighted by Crippen LogP contribution is 2.45. The van der Waals surface area contributed by atoms with Gasteiger partial charge in [-0.25, -0.2) is 9.59 Å². The molecule has 3 aliphatic rings. The second-order valence-electron chi connectivity index (χ2n) is 6.82. The fraction of sp³-hybridized carbons (Fsp3) is 0.667. The SMILES string of the molecule is CCC(=CCC1CO1)C(=O)OC1(C=C(C)C(=O)O)CCC2OC2C1. The van der Waals surface area contributed by atoms with Crippen molar-refractivity contribution >= 4 is 11.9 Å². The van der Waals surface area contributed by atoms with Crippen LogP contribution in [0, 0.1) is 0 Å². The Morgan fingerprint density at radius 2 is 2.12 bits per heavy atom. The van der Waals surface area contributed by atoms with Gasteiger partial charge in [0.15, 0.2) is 0 Å². The zero-order valence-corrected chi connectivity index (χ0v) is 14.1. The molecule has 0 bridgehead atoms. The molecular weight excluding hydrogens is 312 g/mol. The molecule has 0 amide bonds. The van der Waals surface area contributed by atoms with Crippen LogP contribution in [0.1, 0.15) is 46.0 Å². The van der Waals surface area contributed by atoms with E-state index in [-0.39, 0.29) is 29.9 Å². The Balaban J connectivity index is 1.75. The third-order valence-electron chi connectivity index (χ3n) is 4.87. The maximum Gasteiger partial charge on any atom is 0.334 e. The van der Waals surface area contributed by atoms with Crippen molar-refractivity contribution in [2.45, 2.75) is 69.9 Å². The number of carboxylic acids is 1. The number of carboxylic acid groups (broad SMARTS) is 1. The van der Waals surface area contributed by atoms with Crippen LogP contribution in [0.4, 0.5) is 0 Å². The number of esters is 1. The van der Waals surface area contributed by atoms with E-state index in [0.717, 1.165) is 13.0 Å². The van der Waals surface area contributed by atoms with Crippen molar-refractivity contribution in [2.75, 3.05) is 6.61 Å². The van der Waals surface area contributed by atoms with E-state index in [9.17, 15) is 14.7 Å². The van der Waals surface area contributed by atoms with E-state index in [4.69, 9.17) is 14.2 Å². The molecule has 4 atom stereocenters. The number of hydrogen-bond acceptors (Lipinski definition) is 5. The van der Waals surface area contributed by atoms with Gasteiger partial charge >= 0.3 is 11.9 Å². The number of carbonyl (C=O) groups excluding carboxylic acids is 1. The number of ether oxygens (including phenoxy) is 3. The number of carbonyl (C=O) groups is 2. The average molecular weight is 336 g/mol. The van der Waals surface area contributed by atoms with E-state index < -0.39 is 11.6 Å². The van der Waals surface area contributed by atoms with Crippen molar-refractivity contribution in [3.63, 3.8) is 0 Å². The summed E-state index contributed by atoms with van der Waals surface area (Å²) in [6.07, 6.45) is 7.17. The lowest BCUT2D eigenvalue weighted by molar-refractivity contribution is -0.152. The molecule has 0 aromatic carbocycles. The largest absolute Gasteiger partial charge is 0.478 e. The van der Waals surface area contributed by atoms with Gasteiger partial charge in [0.25, 0.3) is 0 Å². The molecule has 2 aliphatic heterocycles. The molecule has 1 saturated carbocycles. The molecule has 3 fully saturated rings. The van der Waals surface area contributed by atoms with Crippen molar-refractivity contribution in [1.29, 1.82) is 0 Å². The molecule has 1 N–H and O–H groups in total. The normalized spacial score (nSPS) is 35.2. The molecule has 4 unspecified atom stereocenters. The number of epoxide rings is 2. The van der Waals surface area contributed by atoms with E-state index >= 15 is 0 Å². The van der Waals surface area contributed by atoms with Gasteiger partial charge in [-0.05, 0) is 38.7 Å². The first-order chi connectivity index (χ1) is 11.4. The predicted molar refractivity (Wildman–Crippen MR) is 85.5 cm³/mol. The van der Waals surface area contributed by atoms with Crippen molar-refractivity contribution in [2.24, 2.45) is 0 Å². The molecule has 1 aliphatic carbocycles. The van der Waals surface area contributed by atoms with Gasteiger partial charge in [-0.2, -0.15) is 0 Å². The Kier molecular flexibility index (Phi) is 4.78. The van der Waals surface area contributed by atoms with Crippen LogP contribution in [-0.4, -0.2) is 47.6 Å². The van der Waals surface area contributed by atoms with Crippen LogP contribution in [0.5, 0.6) is 0 Å². The van der Waals surface area contributed by atoms with Gasteiger partial charge in [-0.15, -0.1) is 0 Å². The molecule has 6 heteroatoms. The highest BCUT2D eigenvalue weighted by molar-refractivity contribution is 5.89. The molecular formula is C18H24O6. The molecule has 24 heavy (non-hydrogen) atoms. The van der Waals surface area contributed by atoms with Gasteiger partial charge in [-0.3, -0.25) is 0 Å². The van der Waals surface area contributed by atoms with Gasteiger partial charge in [0.1, 0.15) is 5.60 Å². The van der Waals surface area contributed by atoms with Crippen molar-refractivity contribution in [1.82, 2.24) is 0 Å². The summed E-state index contributed by atoms with van der Waals surface area (Å²) in [7, 11) is 0. The first-order valence-corrected chi connectivity index (χ1v) is 8.54. The monoisotopic (exact) mass is 336 g/mol. The second-order valence-corrected chi connectivity index (χ2v) is 6.82. The Labute approximate surface area is 141 Å². The van der Waals surface area contributed by atoms with Crippen LogP contribution >= 0.6 is 0 Å².